The predicted octanol–water partition coefficient (Wildman–Crippen LogP) is 2.58. The molecule has 2 heterocycles. The highest BCUT2D eigenvalue weighted by atomic mass is 32.1. The molecule has 0 aliphatic rings. The average Bonchev–Trinajstić information content (AvgIpc) is 2.71. The van der Waals surface area contributed by atoms with Crippen LogP contribution in [0.5, 0.6) is 0 Å². The maximum atomic E-state index is 4.18. The number of thiophene rings is 1. The third kappa shape index (κ3) is 3.02. The van der Waals surface area contributed by atoms with E-state index in [1.165, 1.54) is 5.56 Å². The van der Waals surface area contributed by atoms with E-state index in [1.54, 1.807) is 29.9 Å². The fourth-order valence-electron chi connectivity index (χ4n) is 1.44. The van der Waals surface area contributed by atoms with Crippen molar-refractivity contribution >= 4 is 17.2 Å². The number of nitrogens with one attached hydrogen (secondary N) is 1. The van der Waals surface area contributed by atoms with Gasteiger partial charge >= 0.3 is 0 Å². The zero-order valence-electron chi connectivity index (χ0n) is 8.55. The van der Waals surface area contributed by atoms with Crippen LogP contribution in [0, 0.1) is 0 Å². The molecule has 0 aliphatic carbocycles. The molecule has 0 amide bonds. The van der Waals surface area contributed by atoms with Crippen LogP contribution in [0.3, 0.4) is 0 Å². The molecule has 0 aliphatic heterocycles. The molecular formula is C11H13N3S. The first-order valence-corrected chi connectivity index (χ1v) is 5.82. The van der Waals surface area contributed by atoms with E-state index in [1.807, 2.05) is 0 Å². The van der Waals surface area contributed by atoms with Crippen molar-refractivity contribution in [2.75, 3.05) is 5.32 Å². The van der Waals surface area contributed by atoms with Crippen molar-refractivity contribution in [1.29, 1.82) is 0 Å². The first-order chi connectivity index (χ1) is 7.34. The van der Waals surface area contributed by atoms with E-state index in [4.69, 9.17) is 0 Å². The average molecular weight is 219 g/mol. The van der Waals surface area contributed by atoms with E-state index in [0.717, 1.165) is 12.2 Å². The molecule has 0 spiro atoms. The van der Waals surface area contributed by atoms with Gasteiger partial charge in [0.15, 0.2) is 0 Å². The van der Waals surface area contributed by atoms with Crippen molar-refractivity contribution < 1.29 is 0 Å². The summed E-state index contributed by atoms with van der Waals surface area (Å²) in [6.45, 7) is 2.15. The fraction of sp³-hybridized carbons (Fsp3) is 0.273. The molecule has 1 atom stereocenters. The largest absolute Gasteiger partial charge is 0.366 e. The topological polar surface area (TPSA) is 37.8 Å². The van der Waals surface area contributed by atoms with Crippen LogP contribution in [0.4, 0.5) is 5.82 Å². The van der Waals surface area contributed by atoms with Crippen molar-refractivity contribution in [3.8, 4) is 0 Å². The number of hydrogen-bond acceptors (Lipinski definition) is 4. The summed E-state index contributed by atoms with van der Waals surface area (Å²) in [4.78, 5) is 8.19. The smallest absolute Gasteiger partial charge is 0.144 e. The Bertz CT molecular complexity index is 385. The number of rotatable bonds is 4. The Hall–Kier alpha value is -1.42. The summed E-state index contributed by atoms with van der Waals surface area (Å²) in [7, 11) is 0. The second-order valence-electron chi connectivity index (χ2n) is 3.47. The second kappa shape index (κ2) is 4.89. The van der Waals surface area contributed by atoms with Crippen LogP contribution in [-0.4, -0.2) is 16.0 Å². The van der Waals surface area contributed by atoms with E-state index in [0.29, 0.717) is 6.04 Å². The summed E-state index contributed by atoms with van der Waals surface area (Å²) < 4.78 is 0. The van der Waals surface area contributed by atoms with Crippen molar-refractivity contribution in [3.05, 3.63) is 41.0 Å². The normalized spacial score (nSPS) is 12.3. The van der Waals surface area contributed by atoms with Crippen LogP contribution in [0.2, 0.25) is 0 Å². The molecule has 2 rings (SSSR count). The van der Waals surface area contributed by atoms with E-state index >= 15 is 0 Å². The minimum absolute atomic E-state index is 0.372. The van der Waals surface area contributed by atoms with Gasteiger partial charge in [-0.3, -0.25) is 4.98 Å². The zero-order valence-corrected chi connectivity index (χ0v) is 9.37. The Morgan fingerprint density at radius 3 is 3.07 bits per heavy atom. The first-order valence-electron chi connectivity index (χ1n) is 4.88. The summed E-state index contributed by atoms with van der Waals surface area (Å²) in [6.07, 6.45) is 6.12. The van der Waals surface area contributed by atoms with Crippen molar-refractivity contribution in [2.24, 2.45) is 0 Å². The SMILES string of the molecule is CC(Cc1ccsc1)Nc1cnccn1. The maximum absolute atomic E-state index is 4.18. The molecule has 0 bridgehead atoms. The van der Waals surface area contributed by atoms with Gasteiger partial charge in [-0.15, -0.1) is 0 Å². The van der Waals surface area contributed by atoms with Gasteiger partial charge in [0, 0.05) is 18.4 Å². The third-order valence-corrected chi connectivity index (χ3v) is 2.81. The quantitative estimate of drug-likeness (QED) is 0.858. The molecule has 0 radical (unpaired) electrons. The Labute approximate surface area is 93.2 Å². The lowest BCUT2D eigenvalue weighted by Gasteiger charge is -2.12. The van der Waals surface area contributed by atoms with Gasteiger partial charge in [0.2, 0.25) is 0 Å². The van der Waals surface area contributed by atoms with Gasteiger partial charge in [-0.1, -0.05) is 0 Å². The molecule has 4 heteroatoms. The molecular weight excluding hydrogens is 206 g/mol. The highest BCUT2D eigenvalue weighted by Gasteiger charge is 2.04. The fourth-order valence-corrected chi connectivity index (χ4v) is 2.12. The van der Waals surface area contributed by atoms with Crippen LogP contribution >= 0.6 is 11.3 Å². The van der Waals surface area contributed by atoms with Gasteiger partial charge < -0.3 is 5.32 Å². The van der Waals surface area contributed by atoms with Crippen LogP contribution < -0.4 is 5.32 Å². The Kier molecular flexibility index (Phi) is 3.29. The molecule has 0 aromatic carbocycles. The van der Waals surface area contributed by atoms with Gasteiger partial charge in [0.05, 0.1) is 6.20 Å². The minimum atomic E-state index is 0.372. The summed E-state index contributed by atoms with van der Waals surface area (Å²) in [6, 6.07) is 2.52. The van der Waals surface area contributed by atoms with Crippen LogP contribution in [0.25, 0.3) is 0 Å². The molecule has 0 saturated carbocycles. The number of nitrogens with zero attached hydrogens (tertiary/aromatic N) is 2. The molecule has 3 nitrogen and oxygen atoms in total. The van der Waals surface area contributed by atoms with Gasteiger partial charge in [-0.25, -0.2) is 4.98 Å². The molecule has 78 valence electrons. The molecule has 2 aromatic heterocycles. The molecule has 2 aromatic rings. The van der Waals surface area contributed by atoms with Gasteiger partial charge in [0.25, 0.3) is 0 Å². The number of hydrogen-bond donors (Lipinski definition) is 1. The van der Waals surface area contributed by atoms with Crippen LogP contribution in [0.15, 0.2) is 35.4 Å². The predicted molar refractivity (Wildman–Crippen MR) is 63.1 cm³/mol. The Balaban J connectivity index is 1.90. The highest BCUT2D eigenvalue weighted by Crippen LogP contribution is 2.10. The van der Waals surface area contributed by atoms with Crippen molar-refractivity contribution in [1.82, 2.24) is 9.97 Å². The first kappa shape index (κ1) is 10.1. The summed E-state index contributed by atoms with van der Waals surface area (Å²) >= 11 is 1.73. The van der Waals surface area contributed by atoms with E-state index in [-0.39, 0.29) is 0 Å². The summed E-state index contributed by atoms with van der Waals surface area (Å²) in [5.74, 6) is 0.834. The maximum Gasteiger partial charge on any atom is 0.144 e. The third-order valence-electron chi connectivity index (χ3n) is 2.08. The molecule has 1 N–H and O–H groups in total. The van der Waals surface area contributed by atoms with Crippen LogP contribution in [-0.2, 0) is 6.42 Å². The van der Waals surface area contributed by atoms with Crippen molar-refractivity contribution in [2.45, 2.75) is 19.4 Å². The van der Waals surface area contributed by atoms with Crippen LogP contribution in [0.1, 0.15) is 12.5 Å². The summed E-state index contributed by atoms with van der Waals surface area (Å²) in [5, 5.41) is 7.59. The van der Waals surface area contributed by atoms with E-state index in [2.05, 4.69) is 39.0 Å². The monoisotopic (exact) mass is 219 g/mol. The Morgan fingerprint density at radius 2 is 2.40 bits per heavy atom. The lowest BCUT2D eigenvalue weighted by Crippen LogP contribution is -2.18. The van der Waals surface area contributed by atoms with Gasteiger partial charge in [0.1, 0.15) is 5.82 Å². The van der Waals surface area contributed by atoms with Crippen molar-refractivity contribution in [3.63, 3.8) is 0 Å². The van der Waals surface area contributed by atoms with Gasteiger partial charge in [-0.2, -0.15) is 11.3 Å². The lowest BCUT2D eigenvalue weighted by atomic mass is 10.1. The molecule has 0 saturated heterocycles. The lowest BCUT2D eigenvalue weighted by molar-refractivity contribution is 0.785. The van der Waals surface area contributed by atoms with E-state index in [9.17, 15) is 0 Å². The molecule has 15 heavy (non-hydrogen) atoms. The zero-order chi connectivity index (χ0) is 10.5. The summed E-state index contributed by atoms with van der Waals surface area (Å²) in [5.41, 5.74) is 1.36. The van der Waals surface area contributed by atoms with Gasteiger partial charge in [-0.05, 0) is 35.7 Å². The molecule has 0 fully saturated rings. The highest BCUT2D eigenvalue weighted by molar-refractivity contribution is 7.07. The standard InChI is InChI=1S/C11H13N3S/c1-9(6-10-2-5-15-8-10)14-11-7-12-3-4-13-11/h2-5,7-9H,6H2,1H3,(H,13,14). The second-order valence-corrected chi connectivity index (χ2v) is 4.25. The number of anilines is 1. The Morgan fingerprint density at radius 1 is 1.47 bits per heavy atom. The minimum Gasteiger partial charge on any atom is -0.366 e. The van der Waals surface area contributed by atoms with E-state index < -0.39 is 0 Å². The molecule has 1 unspecified atom stereocenters. The number of aromatic nitrogens is 2.